The number of nitrogens with one attached hydrogen (secondary N) is 1. The van der Waals surface area contributed by atoms with Crippen molar-refractivity contribution in [3.8, 4) is 0 Å². The van der Waals surface area contributed by atoms with E-state index >= 15 is 0 Å². The number of nitrogens with two attached hydrogens (primary N) is 1. The van der Waals surface area contributed by atoms with Crippen LogP contribution >= 0.6 is 12.4 Å². The van der Waals surface area contributed by atoms with Gasteiger partial charge in [0.25, 0.3) is 11.8 Å². The van der Waals surface area contributed by atoms with Crippen LogP contribution in [-0.4, -0.2) is 28.2 Å². The Kier molecular flexibility index (Phi) is 4.26. The third-order valence-electron chi connectivity index (χ3n) is 4.39. The van der Waals surface area contributed by atoms with Gasteiger partial charge in [0.1, 0.15) is 5.54 Å². The van der Waals surface area contributed by atoms with E-state index < -0.39 is 11.4 Å². The van der Waals surface area contributed by atoms with Crippen molar-refractivity contribution in [3.05, 3.63) is 34.9 Å². The van der Waals surface area contributed by atoms with Gasteiger partial charge in [-0.2, -0.15) is 0 Å². The molecule has 22 heavy (non-hydrogen) atoms. The molecule has 0 spiro atoms. The molecule has 7 heteroatoms. The Balaban J connectivity index is 0.00000176. The van der Waals surface area contributed by atoms with Crippen LogP contribution in [0.15, 0.2) is 18.2 Å². The first-order valence-electron chi connectivity index (χ1n) is 6.94. The molecule has 0 aromatic heterocycles. The van der Waals surface area contributed by atoms with E-state index in [0.29, 0.717) is 25.1 Å². The SMILES string of the molecule is C[C@]1(N2Cc3cc(CN)ccc3C2=O)CCC(=O)NC1=O.Cl. The molecule has 1 aromatic rings. The van der Waals surface area contributed by atoms with Crippen LogP contribution in [0.5, 0.6) is 0 Å². The molecule has 0 bridgehead atoms. The largest absolute Gasteiger partial charge is 0.326 e. The van der Waals surface area contributed by atoms with Crippen molar-refractivity contribution in [2.24, 2.45) is 5.73 Å². The number of benzene rings is 1. The second-order valence-corrected chi connectivity index (χ2v) is 5.74. The lowest BCUT2D eigenvalue weighted by Crippen LogP contribution is -2.61. The highest BCUT2D eigenvalue weighted by atomic mass is 35.5. The molecule has 1 atom stereocenters. The summed E-state index contributed by atoms with van der Waals surface area (Å²) in [5, 5.41) is 2.32. The highest BCUT2D eigenvalue weighted by molar-refractivity contribution is 6.07. The smallest absolute Gasteiger partial charge is 0.255 e. The molecule has 1 saturated heterocycles. The molecule has 0 aliphatic carbocycles. The monoisotopic (exact) mass is 323 g/mol. The van der Waals surface area contributed by atoms with Crippen LogP contribution in [0.1, 0.15) is 41.3 Å². The molecule has 0 radical (unpaired) electrons. The molecule has 3 rings (SSSR count). The van der Waals surface area contributed by atoms with Gasteiger partial charge in [-0.3, -0.25) is 19.7 Å². The van der Waals surface area contributed by atoms with Crippen LogP contribution in [0.2, 0.25) is 0 Å². The Labute approximate surface area is 134 Å². The number of piperidine rings is 1. The van der Waals surface area contributed by atoms with Crippen molar-refractivity contribution in [1.29, 1.82) is 0 Å². The number of carbonyl (C=O) groups excluding carboxylic acids is 3. The summed E-state index contributed by atoms with van der Waals surface area (Å²) < 4.78 is 0. The molecule has 1 fully saturated rings. The first-order valence-corrected chi connectivity index (χ1v) is 6.94. The highest BCUT2D eigenvalue weighted by Gasteiger charge is 2.48. The topological polar surface area (TPSA) is 92.5 Å². The summed E-state index contributed by atoms with van der Waals surface area (Å²) in [6.45, 7) is 2.50. The van der Waals surface area contributed by atoms with Crippen LogP contribution in [0, 0.1) is 0 Å². The molecule has 0 unspecified atom stereocenters. The minimum absolute atomic E-state index is 0. The predicted octanol–water partition coefficient (Wildman–Crippen LogP) is 0.718. The summed E-state index contributed by atoms with van der Waals surface area (Å²) in [7, 11) is 0. The van der Waals surface area contributed by atoms with Gasteiger partial charge < -0.3 is 10.6 Å². The van der Waals surface area contributed by atoms with Crippen molar-refractivity contribution in [2.75, 3.05) is 0 Å². The van der Waals surface area contributed by atoms with Crippen molar-refractivity contribution in [2.45, 2.75) is 38.4 Å². The summed E-state index contributed by atoms with van der Waals surface area (Å²) >= 11 is 0. The lowest BCUT2D eigenvalue weighted by molar-refractivity contribution is -0.142. The highest BCUT2D eigenvalue weighted by Crippen LogP contribution is 2.34. The summed E-state index contributed by atoms with van der Waals surface area (Å²) in [5.41, 5.74) is 7.09. The van der Waals surface area contributed by atoms with E-state index in [0.717, 1.165) is 11.1 Å². The quantitative estimate of drug-likeness (QED) is 0.784. The molecule has 3 amide bonds. The maximum atomic E-state index is 12.6. The zero-order valence-electron chi connectivity index (χ0n) is 12.2. The predicted molar refractivity (Wildman–Crippen MR) is 82.2 cm³/mol. The Morgan fingerprint density at radius 1 is 1.32 bits per heavy atom. The summed E-state index contributed by atoms with van der Waals surface area (Å²) in [5.74, 6) is -0.855. The zero-order valence-corrected chi connectivity index (χ0v) is 13.0. The van der Waals surface area contributed by atoms with Gasteiger partial charge in [0, 0.05) is 25.1 Å². The fourth-order valence-corrected chi connectivity index (χ4v) is 2.95. The lowest BCUT2D eigenvalue weighted by Gasteiger charge is -2.39. The average Bonchev–Trinajstić information content (AvgIpc) is 2.80. The van der Waals surface area contributed by atoms with Gasteiger partial charge in [-0.05, 0) is 30.5 Å². The standard InChI is InChI=1S/C15H17N3O3.ClH/c1-15(5-4-12(19)17-14(15)21)18-8-10-6-9(7-16)2-3-11(10)13(18)20;/h2-3,6H,4-5,7-8,16H2,1H3,(H,17,19,21);1H/t15-;/m0./s1. The van der Waals surface area contributed by atoms with Crippen LogP contribution in [-0.2, 0) is 22.7 Å². The van der Waals surface area contributed by atoms with Crippen LogP contribution < -0.4 is 11.1 Å². The van der Waals surface area contributed by atoms with E-state index in [1.54, 1.807) is 17.9 Å². The molecular weight excluding hydrogens is 306 g/mol. The number of halogens is 1. The van der Waals surface area contributed by atoms with Crippen molar-refractivity contribution in [1.82, 2.24) is 10.2 Å². The fraction of sp³-hybridized carbons (Fsp3) is 0.400. The number of amides is 3. The van der Waals surface area contributed by atoms with E-state index in [1.807, 2.05) is 12.1 Å². The fourth-order valence-electron chi connectivity index (χ4n) is 2.95. The van der Waals surface area contributed by atoms with Crippen molar-refractivity contribution < 1.29 is 14.4 Å². The Hall–Kier alpha value is -1.92. The van der Waals surface area contributed by atoms with Gasteiger partial charge in [-0.15, -0.1) is 12.4 Å². The first-order chi connectivity index (χ1) is 9.95. The molecular formula is C15H18ClN3O3. The van der Waals surface area contributed by atoms with E-state index in [9.17, 15) is 14.4 Å². The number of carbonyl (C=O) groups is 3. The molecule has 2 heterocycles. The van der Waals surface area contributed by atoms with Gasteiger partial charge >= 0.3 is 0 Å². The van der Waals surface area contributed by atoms with Crippen LogP contribution in [0.25, 0.3) is 0 Å². The molecule has 1 aromatic carbocycles. The Bertz CT molecular complexity index is 661. The normalized spacial score (nSPS) is 23.9. The maximum absolute atomic E-state index is 12.6. The molecule has 118 valence electrons. The second-order valence-electron chi connectivity index (χ2n) is 5.74. The van der Waals surface area contributed by atoms with Crippen LogP contribution in [0.4, 0.5) is 0 Å². The Morgan fingerprint density at radius 3 is 2.68 bits per heavy atom. The molecule has 2 aliphatic rings. The van der Waals surface area contributed by atoms with Gasteiger partial charge in [0.15, 0.2) is 0 Å². The number of rotatable bonds is 2. The van der Waals surface area contributed by atoms with E-state index in [4.69, 9.17) is 5.73 Å². The molecule has 3 N–H and O–H groups in total. The first kappa shape index (κ1) is 16.5. The van der Waals surface area contributed by atoms with E-state index in [-0.39, 0.29) is 30.6 Å². The minimum Gasteiger partial charge on any atom is -0.326 e. The number of nitrogens with zero attached hydrogens (tertiary/aromatic N) is 1. The molecule has 2 aliphatic heterocycles. The minimum atomic E-state index is -0.979. The van der Waals surface area contributed by atoms with Gasteiger partial charge in [0.2, 0.25) is 5.91 Å². The summed E-state index contributed by atoms with van der Waals surface area (Å²) in [6.07, 6.45) is 0.595. The zero-order chi connectivity index (χ0) is 15.2. The van der Waals surface area contributed by atoms with Crippen LogP contribution in [0.3, 0.4) is 0 Å². The third kappa shape index (κ3) is 2.38. The second kappa shape index (κ2) is 5.70. The number of fused-ring (bicyclic) bond motifs is 1. The molecule has 0 saturated carbocycles. The lowest BCUT2D eigenvalue weighted by atomic mass is 9.89. The summed E-state index contributed by atoms with van der Waals surface area (Å²) in [4.78, 5) is 37.6. The van der Waals surface area contributed by atoms with Gasteiger partial charge in [0.05, 0.1) is 0 Å². The Morgan fingerprint density at radius 2 is 2.05 bits per heavy atom. The van der Waals surface area contributed by atoms with Gasteiger partial charge in [-0.25, -0.2) is 0 Å². The van der Waals surface area contributed by atoms with E-state index in [1.165, 1.54) is 0 Å². The molecule has 6 nitrogen and oxygen atoms in total. The maximum Gasteiger partial charge on any atom is 0.255 e. The summed E-state index contributed by atoms with van der Waals surface area (Å²) in [6, 6.07) is 5.49. The number of imide groups is 1. The number of hydrogen-bond acceptors (Lipinski definition) is 4. The number of hydrogen-bond donors (Lipinski definition) is 2. The average molecular weight is 324 g/mol. The third-order valence-corrected chi connectivity index (χ3v) is 4.39. The van der Waals surface area contributed by atoms with Crippen molar-refractivity contribution in [3.63, 3.8) is 0 Å². The van der Waals surface area contributed by atoms with E-state index in [2.05, 4.69) is 5.32 Å². The van der Waals surface area contributed by atoms with Gasteiger partial charge in [-0.1, -0.05) is 12.1 Å². The van der Waals surface area contributed by atoms with Crippen molar-refractivity contribution >= 4 is 30.1 Å².